The second-order valence-corrected chi connectivity index (χ2v) is 6.59. The third-order valence-electron chi connectivity index (χ3n) is 4.17. The minimum absolute atomic E-state index is 0.322. The fourth-order valence-electron chi connectivity index (χ4n) is 2.84. The number of aliphatic hydroxyl groups is 1. The smallest absolute Gasteiger partial charge is 0.261 e. The molecule has 0 spiro atoms. The predicted molar refractivity (Wildman–Crippen MR) is 95.2 cm³/mol. The maximum atomic E-state index is 12.7. The number of hydrogen-bond acceptors (Lipinski definition) is 5. The van der Waals surface area contributed by atoms with Crippen molar-refractivity contribution >= 4 is 33.3 Å². The molecular formula is C18H16BrNO5. The number of carbonyl (C=O) groups is 2. The average Bonchev–Trinajstić information content (AvgIpc) is 2.84. The Labute approximate surface area is 152 Å². The van der Waals surface area contributed by atoms with Crippen LogP contribution in [-0.2, 0) is 10.4 Å². The molecule has 0 saturated carbocycles. The molecule has 6 nitrogen and oxygen atoms in total. The molecule has 7 heteroatoms. The maximum Gasteiger partial charge on any atom is 0.261 e. The molecule has 0 saturated heterocycles. The van der Waals surface area contributed by atoms with E-state index in [9.17, 15) is 14.7 Å². The van der Waals surface area contributed by atoms with Gasteiger partial charge in [0.15, 0.2) is 22.9 Å². The summed E-state index contributed by atoms with van der Waals surface area (Å²) in [5.74, 6) is -0.106. The minimum atomic E-state index is -1.91. The molecule has 0 radical (unpaired) electrons. The number of nitrogens with one attached hydrogen (secondary N) is 1. The molecule has 2 N–H and O–H groups in total. The molecule has 1 amide bonds. The lowest BCUT2D eigenvalue weighted by atomic mass is 9.88. The zero-order valence-corrected chi connectivity index (χ0v) is 15.2. The number of methoxy groups -OCH3 is 2. The molecule has 0 fully saturated rings. The third kappa shape index (κ3) is 3.01. The summed E-state index contributed by atoms with van der Waals surface area (Å²) in [5, 5.41) is 13.5. The Morgan fingerprint density at radius 1 is 1.16 bits per heavy atom. The molecule has 130 valence electrons. The van der Waals surface area contributed by atoms with Crippen LogP contribution in [0.3, 0.4) is 0 Å². The third-order valence-corrected chi connectivity index (χ3v) is 4.67. The van der Waals surface area contributed by atoms with E-state index in [0.29, 0.717) is 32.8 Å². The largest absolute Gasteiger partial charge is 0.493 e. The number of amides is 1. The van der Waals surface area contributed by atoms with Crippen molar-refractivity contribution < 1.29 is 24.2 Å². The second-order valence-electron chi connectivity index (χ2n) is 5.67. The van der Waals surface area contributed by atoms with E-state index < -0.39 is 11.5 Å². The average molecular weight is 406 g/mol. The van der Waals surface area contributed by atoms with Gasteiger partial charge in [0, 0.05) is 21.3 Å². The number of anilines is 1. The Morgan fingerprint density at radius 3 is 2.56 bits per heavy atom. The molecular weight excluding hydrogens is 390 g/mol. The van der Waals surface area contributed by atoms with Crippen molar-refractivity contribution in [3.63, 3.8) is 0 Å². The van der Waals surface area contributed by atoms with Crippen molar-refractivity contribution in [2.45, 2.75) is 12.0 Å². The van der Waals surface area contributed by atoms with Gasteiger partial charge in [-0.3, -0.25) is 9.59 Å². The van der Waals surface area contributed by atoms with E-state index in [-0.39, 0.29) is 12.2 Å². The topological polar surface area (TPSA) is 84.9 Å². The number of carbonyl (C=O) groups excluding carboxylic acids is 2. The summed E-state index contributed by atoms with van der Waals surface area (Å²) in [4.78, 5) is 24.9. The first kappa shape index (κ1) is 17.4. The van der Waals surface area contributed by atoms with Crippen LogP contribution in [0.5, 0.6) is 11.5 Å². The summed E-state index contributed by atoms with van der Waals surface area (Å²) in [6.45, 7) is 0. The number of Topliss-reactive ketones (excluding diaryl/α,β-unsaturated/α-hetero) is 1. The Hall–Kier alpha value is -2.38. The van der Waals surface area contributed by atoms with Gasteiger partial charge in [0.05, 0.1) is 20.6 Å². The van der Waals surface area contributed by atoms with Crippen molar-refractivity contribution in [3.05, 3.63) is 52.0 Å². The number of rotatable bonds is 5. The highest BCUT2D eigenvalue weighted by Gasteiger charge is 2.46. The van der Waals surface area contributed by atoms with Gasteiger partial charge < -0.3 is 19.9 Å². The van der Waals surface area contributed by atoms with Crippen LogP contribution in [0.15, 0.2) is 40.9 Å². The van der Waals surface area contributed by atoms with Crippen LogP contribution >= 0.6 is 15.9 Å². The Bertz CT molecular complexity index is 867. The van der Waals surface area contributed by atoms with Gasteiger partial charge in [-0.25, -0.2) is 0 Å². The fraction of sp³-hybridized carbons (Fsp3) is 0.222. The number of fused-ring (bicyclic) bond motifs is 1. The van der Waals surface area contributed by atoms with Crippen LogP contribution in [0.1, 0.15) is 22.3 Å². The summed E-state index contributed by atoms with van der Waals surface area (Å²) >= 11 is 3.32. The first-order chi connectivity index (χ1) is 11.9. The van der Waals surface area contributed by atoms with E-state index in [0.717, 1.165) is 0 Å². The van der Waals surface area contributed by atoms with Crippen LogP contribution in [0.2, 0.25) is 0 Å². The summed E-state index contributed by atoms with van der Waals surface area (Å²) in [7, 11) is 2.97. The van der Waals surface area contributed by atoms with Gasteiger partial charge in [0.1, 0.15) is 0 Å². The molecule has 25 heavy (non-hydrogen) atoms. The van der Waals surface area contributed by atoms with Crippen molar-refractivity contribution in [1.29, 1.82) is 0 Å². The normalized spacial score (nSPS) is 18.5. The highest BCUT2D eigenvalue weighted by Crippen LogP contribution is 2.40. The van der Waals surface area contributed by atoms with Crippen molar-refractivity contribution in [1.82, 2.24) is 0 Å². The van der Waals surface area contributed by atoms with E-state index in [4.69, 9.17) is 9.47 Å². The minimum Gasteiger partial charge on any atom is -0.493 e. The van der Waals surface area contributed by atoms with E-state index in [2.05, 4.69) is 21.2 Å². The molecule has 0 aromatic heterocycles. The van der Waals surface area contributed by atoms with Gasteiger partial charge in [-0.1, -0.05) is 15.9 Å². The zero-order valence-electron chi connectivity index (χ0n) is 13.6. The predicted octanol–water partition coefficient (Wildman–Crippen LogP) is 2.88. The standard InChI is InChI=1S/C18H16BrNO5/c1-24-15-6-3-10(7-16(15)25-2)14(21)9-18(23)12-8-11(19)4-5-13(12)20-17(18)22/h3-8,23H,9H2,1-2H3,(H,20,22). The van der Waals surface area contributed by atoms with Crippen molar-refractivity contribution in [2.75, 3.05) is 19.5 Å². The SMILES string of the molecule is COc1ccc(C(=O)CC2(O)C(=O)Nc3ccc(Br)cc32)cc1OC. The van der Waals surface area contributed by atoms with Gasteiger partial charge in [-0.2, -0.15) is 0 Å². The highest BCUT2D eigenvalue weighted by molar-refractivity contribution is 9.10. The van der Waals surface area contributed by atoms with Gasteiger partial charge in [-0.15, -0.1) is 0 Å². The summed E-state index contributed by atoms with van der Waals surface area (Å²) in [5.41, 5.74) is -0.720. The second kappa shape index (κ2) is 6.50. The van der Waals surface area contributed by atoms with Crippen molar-refractivity contribution in [2.24, 2.45) is 0 Å². The quantitative estimate of drug-likeness (QED) is 0.747. The molecule has 1 atom stereocenters. The monoisotopic (exact) mass is 405 g/mol. The van der Waals surface area contributed by atoms with Gasteiger partial charge in [0.25, 0.3) is 5.91 Å². The molecule has 3 rings (SSSR count). The number of halogens is 1. The van der Waals surface area contributed by atoms with E-state index in [1.54, 1.807) is 30.3 Å². The Kier molecular flexibility index (Phi) is 4.53. The number of benzene rings is 2. The Balaban J connectivity index is 1.93. The van der Waals surface area contributed by atoms with Gasteiger partial charge in [0.2, 0.25) is 0 Å². The summed E-state index contributed by atoms with van der Waals surface area (Å²) in [6, 6.07) is 9.77. The van der Waals surface area contributed by atoms with Crippen LogP contribution in [0, 0.1) is 0 Å². The van der Waals surface area contributed by atoms with Gasteiger partial charge in [-0.05, 0) is 36.4 Å². The van der Waals surface area contributed by atoms with E-state index in [1.165, 1.54) is 20.3 Å². The molecule has 0 bridgehead atoms. The molecule has 1 heterocycles. The fourth-order valence-corrected chi connectivity index (χ4v) is 3.20. The van der Waals surface area contributed by atoms with E-state index in [1.807, 2.05) is 0 Å². The van der Waals surface area contributed by atoms with Crippen LogP contribution in [0.4, 0.5) is 5.69 Å². The zero-order chi connectivity index (χ0) is 18.2. The van der Waals surface area contributed by atoms with Crippen LogP contribution in [0.25, 0.3) is 0 Å². The van der Waals surface area contributed by atoms with Crippen LogP contribution in [-0.4, -0.2) is 31.0 Å². The first-order valence-electron chi connectivity index (χ1n) is 7.48. The number of hydrogen-bond donors (Lipinski definition) is 2. The van der Waals surface area contributed by atoms with Crippen LogP contribution < -0.4 is 14.8 Å². The Morgan fingerprint density at radius 2 is 1.88 bits per heavy atom. The van der Waals surface area contributed by atoms with E-state index >= 15 is 0 Å². The summed E-state index contributed by atoms with van der Waals surface area (Å²) in [6.07, 6.45) is -0.377. The highest BCUT2D eigenvalue weighted by atomic mass is 79.9. The lowest BCUT2D eigenvalue weighted by molar-refractivity contribution is -0.133. The number of ether oxygens (including phenoxy) is 2. The lowest BCUT2D eigenvalue weighted by Crippen LogP contribution is -2.36. The molecule has 2 aromatic carbocycles. The molecule has 0 aliphatic carbocycles. The molecule has 2 aromatic rings. The lowest BCUT2D eigenvalue weighted by Gasteiger charge is -2.20. The first-order valence-corrected chi connectivity index (χ1v) is 8.27. The van der Waals surface area contributed by atoms with Gasteiger partial charge >= 0.3 is 0 Å². The molecule has 1 aliphatic heterocycles. The number of ketones is 1. The summed E-state index contributed by atoms with van der Waals surface area (Å²) < 4.78 is 11.0. The molecule has 1 unspecified atom stereocenters. The van der Waals surface area contributed by atoms with Crippen molar-refractivity contribution in [3.8, 4) is 11.5 Å². The maximum absolute atomic E-state index is 12.7. The molecule has 1 aliphatic rings.